The molecule has 0 aromatic rings. The summed E-state index contributed by atoms with van der Waals surface area (Å²) in [6.07, 6.45) is 5.08. The van der Waals surface area contributed by atoms with Crippen molar-refractivity contribution < 1.29 is 4.79 Å². The fraction of sp³-hybridized carbons (Fsp3) is 0.909. The molecule has 2 heterocycles. The van der Waals surface area contributed by atoms with Crippen LogP contribution in [0.1, 0.15) is 52.9 Å². The number of rotatable bonds is 10. The van der Waals surface area contributed by atoms with Crippen LogP contribution < -0.4 is 10.6 Å². The number of nitrogens with one attached hydrogen (secondary N) is 2. The van der Waals surface area contributed by atoms with Gasteiger partial charge in [-0.1, -0.05) is 20.3 Å². The van der Waals surface area contributed by atoms with Crippen molar-refractivity contribution in [1.29, 1.82) is 0 Å². The minimum absolute atomic E-state index is 0. The minimum Gasteiger partial charge on any atom is -0.357 e. The maximum atomic E-state index is 12.1. The lowest BCUT2D eigenvalue weighted by Crippen LogP contribution is -2.47. The zero-order valence-corrected chi connectivity index (χ0v) is 21.8. The highest BCUT2D eigenvalue weighted by Gasteiger charge is 2.18. The van der Waals surface area contributed by atoms with Crippen LogP contribution in [0.5, 0.6) is 0 Å². The second-order valence-corrected chi connectivity index (χ2v) is 8.53. The van der Waals surface area contributed by atoms with Crippen LogP contribution in [0.3, 0.4) is 0 Å². The summed E-state index contributed by atoms with van der Waals surface area (Å²) in [6.45, 7) is 18.0. The molecular weight excluding hydrogens is 491 g/mol. The summed E-state index contributed by atoms with van der Waals surface area (Å²) in [4.78, 5) is 24.0. The van der Waals surface area contributed by atoms with Crippen LogP contribution in [0.2, 0.25) is 0 Å². The normalized spacial score (nSPS) is 20.4. The summed E-state index contributed by atoms with van der Waals surface area (Å²) >= 11 is 0. The molecule has 0 aromatic carbocycles. The molecule has 176 valence electrons. The number of aliphatic imine (C=N–C) groups is 1. The molecule has 2 N–H and O–H groups in total. The van der Waals surface area contributed by atoms with E-state index in [-0.39, 0.29) is 24.0 Å². The standard InChI is InChI=1S/C22H44N6O.HI/c1-4-23-22(24-11-9-13-28-12-8-6-7-10-21(28)29)25-18-20(3)19-27-16-14-26(5-2)15-17-27;/h20H,4-19H2,1-3H3,(H2,23,24,25);1H. The number of hydrogen-bond donors (Lipinski definition) is 2. The van der Waals surface area contributed by atoms with Gasteiger partial charge in [0.1, 0.15) is 0 Å². The fourth-order valence-electron chi connectivity index (χ4n) is 4.13. The molecule has 1 atom stereocenters. The van der Waals surface area contributed by atoms with Gasteiger partial charge in [-0.3, -0.25) is 9.79 Å². The Balaban J connectivity index is 0.00000450. The van der Waals surface area contributed by atoms with Crippen molar-refractivity contribution in [1.82, 2.24) is 25.3 Å². The van der Waals surface area contributed by atoms with Crippen molar-refractivity contribution in [3.8, 4) is 0 Å². The highest BCUT2D eigenvalue weighted by Crippen LogP contribution is 2.11. The largest absolute Gasteiger partial charge is 0.357 e. The van der Waals surface area contributed by atoms with E-state index in [2.05, 4.69) is 41.2 Å². The third kappa shape index (κ3) is 10.6. The van der Waals surface area contributed by atoms with Gasteiger partial charge in [-0.05, 0) is 38.6 Å². The minimum atomic E-state index is 0. The van der Waals surface area contributed by atoms with E-state index in [9.17, 15) is 4.79 Å². The third-order valence-corrected chi connectivity index (χ3v) is 5.96. The lowest BCUT2D eigenvalue weighted by molar-refractivity contribution is -0.130. The number of guanidine groups is 1. The third-order valence-electron chi connectivity index (χ3n) is 5.96. The zero-order chi connectivity index (χ0) is 20.9. The van der Waals surface area contributed by atoms with E-state index >= 15 is 0 Å². The Labute approximate surface area is 201 Å². The monoisotopic (exact) mass is 536 g/mol. The Kier molecular flexibility index (Phi) is 14.7. The molecule has 30 heavy (non-hydrogen) atoms. The van der Waals surface area contributed by atoms with Crippen molar-refractivity contribution >= 4 is 35.8 Å². The molecule has 0 radical (unpaired) electrons. The molecular formula is C22H45IN6O. The number of nitrogens with zero attached hydrogens (tertiary/aromatic N) is 4. The van der Waals surface area contributed by atoms with Crippen LogP contribution in [0.4, 0.5) is 0 Å². The smallest absolute Gasteiger partial charge is 0.222 e. The van der Waals surface area contributed by atoms with Crippen LogP contribution in [-0.4, -0.2) is 98.6 Å². The van der Waals surface area contributed by atoms with Crippen LogP contribution in [0.15, 0.2) is 4.99 Å². The van der Waals surface area contributed by atoms with E-state index in [0.717, 1.165) is 77.5 Å². The van der Waals surface area contributed by atoms with Gasteiger partial charge in [-0.25, -0.2) is 0 Å². The van der Waals surface area contributed by atoms with E-state index in [1.807, 2.05) is 4.90 Å². The Morgan fingerprint density at radius 3 is 2.47 bits per heavy atom. The maximum absolute atomic E-state index is 12.1. The Hall–Kier alpha value is -0.610. The molecule has 1 amide bonds. The number of likely N-dealkylation sites (N-methyl/N-ethyl adjacent to an activating group) is 1. The van der Waals surface area contributed by atoms with E-state index in [0.29, 0.717) is 11.8 Å². The molecule has 0 saturated carbocycles. The number of amides is 1. The first-order valence-electron chi connectivity index (χ1n) is 11.9. The molecule has 0 aromatic heterocycles. The van der Waals surface area contributed by atoms with Gasteiger partial charge >= 0.3 is 0 Å². The molecule has 2 fully saturated rings. The number of likely N-dealkylation sites (tertiary alicyclic amines) is 1. The maximum Gasteiger partial charge on any atom is 0.222 e. The van der Waals surface area contributed by atoms with E-state index < -0.39 is 0 Å². The first kappa shape index (κ1) is 27.4. The first-order chi connectivity index (χ1) is 14.1. The van der Waals surface area contributed by atoms with Crippen molar-refractivity contribution in [2.75, 3.05) is 72.0 Å². The topological polar surface area (TPSA) is 63.2 Å². The van der Waals surface area contributed by atoms with Crippen molar-refractivity contribution in [2.45, 2.75) is 52.9 Å². The van der Waals surface area contributed by atoms with Gasteiger partial charge in [-0.15, -0.1) is 24.0 Å². The van der Waals surface area contributed by atoms with Crippen molar-refractivity contribution in [3.05, 3.63) is 0 Å². The molecule has 2 aliphatic heterocycles. The first-order valence-corrected chi connectivity index (χ1v) is 11.9. The highest BCUT2D eigenvalue weighted by molar-refractivity contribution is 14.0. The Morgan fingerprint density at radius 1 is 1.03 bits per heavy atom. The van der Waals surface area contributed by atoms with Crippen LogP contribution in [-0.2, 0) is 4.79 Å². The second-order valence-electron chi connectivity index (χ2n) is 8.53. The van der Waals surface area contributed by atoms with Crippen LogP contribution in [0.25, 0.3) is 0 Å². The van der Waals surface area contributed by atoms with E-state index in [4.69, 9.17) is 4.99 Å². The number of piperazine rings is 1. The van der Waals surface area contributed by atoms with Gasteiger partial charge in [0.2, 0.25) is 5.91 Å². The zero-order valence-electron chi connectivity index (χ0n) is 19.5. The van der Waals surface area contributed by atoms with E-state index in [1.54, 1.807) is 0 Å². The molecule has 0 bridgehead atoms. The molecule has 2 aliphatic rings. The summed E-state index contributed by atoms with van der Waals surface area (Å²) in [5, 5.41) is 6.79. The highest BCUT2D eigenvalue weighted by atomic mass is 127. The molecule has 2 rings (SSSR count). The number of halogens is 1. The fourth-order valence-corrected chi connectivity index (χ4v) is 4.13. The average molecular weight is 537 g/mol. The average Bonchev–Trinajstić information content (AvgIpc) is 2.94. The molecule has 0 aliphatic carbocycles. The SMILES string of the molecule is CCNC(=NCC(C)CN1CCN(CC)CC1)NCCCN1CCCCCC1=O.I. The Morgan fingerprint density at radius 2 is 1.77 bits per heavy atom. The lowest BCUT2D eigenvalue weighted by Gasteiger charge is -2.35. The molecule has 8 heteroatoms. The van der Waals surface area contributed by atoms with Gasteiger partial charge in [0, 0.05) is 71.9 Å². The van der Waals surface area contributed by atoms with Crippen molar-refractivity contribution in [3.63, 3.8) is 0 Å². The summed E-state index contributed by atoms with van der Waals surface area (Å²) in [7, 11) is 0. The quantitative estimate of drug-likeness (QED) is 0.194. The van der Waals surface area contributed by atoms with Gasteiger partial charge < -0.3 is 25.3 Å². The molecule has 0 spiro atoms. The Bertz CT molecular complexity index is 496. The summed E-state index contributed by atoms with van der Waals surface area (Å²) in [5.74, 6) is 1.78. The van der Waals surface area contributed by atoms with Gasteiger partial charge in [0.25, 0.3) is 0 Å². The summed E-state index contributed by atoms with van der Waals surface area (Å²) in [6, 6.07) is 0. The number of carbonyl (C=O) groups excluding carboxylic acids is 1. The molecule has 7 nitrogen and oxygen atoms in total. The van der Waals surface area contributed by atoms with Gasteiger partial charge in [-0.2, -0.15) is 0 Å². The summed E-state index contributed by atoms with van der Waals surface area (Å²) in [5.41, 5.74) is 0. The van der Waals surface area contributed by atoms with Crippen LogP contribution >= 0.6 is 24.0 Å². The molecule has 1 unspecified atom stereocenters. The molecule has 2 saturated heterocycles. The van der Waals surface area contributed by atoms with Gasteiger partial charge in [0.15, 0.2) is 5.96 Å². The predicted molar refractivity (Wildman–Crippen MR) is 137 cm³/mol. The van der Waals surface area contributed by atoms with Crippen LogP contribution in [0, 0.1) is 5.92 Å². The number of carbonyl (C=O) groups is 1. The van der Waals surface area contributed by atoms with Crippen molar-refractivity contribution in [2.24, 2.45) is 10.9 Å². The van der Waals surface area contributed by atoms with E-state index in [1.165, 1.54) is 32.6 Å². The predicted octanol–water partition coefficient (Wildman–Crippen LogP) is 2.23. The van der Waals surface area contributed by atoms with Gasteiger partial charge in [0.05, 0.1) is 0 Å². The second kappa shape index (κ2) is 16.1. The lowest BCUT2D eigenvalue weighted by atomic mass is 10.1. The summed E-state index contributed by atoms with van der Waals surface area (Å²) < 4.78 is 0. The number of hydrogen-bond acceptors (Lipinski definition) is 4.